The van der Waals surface area contributed by atoms with Gasteiger partial charge in [-0.1, -0.05) is 11.6 Å². The molecular weight excluding hydrogens is 190 g/mol. The number of benzene rings is 1. The van der Waals surface area contributed by atoms with Crippen molar-refractivity contribution in [2.75, 3.05) is 12.8 Å². The van der Waals surface area contributed by atoms with Crippen LogP contribution in [0.5, 0.6) is 5.75 Å². The number of rotatable bonds is 2. The Morgan fingerprint density at radius 1 is 1.54 bits per heavy atom. The lowest BCUT2D eigenvalue weighted by Crippen LogP contribution is -2.02. The van der Waals surface area contributed by atoms with Crippen LogP contribution in [-0.4, -0.2) is 12.9 Å². The number of halogens is 1. The molecule has 0 fully saturated rings. The monoisotopic (exact) mass is 199 g/mol. The quantitative estimate of drug-likeness (QED) is 0.587. The van der Waals surface area contributed by atoms with E-state index < -0.39 is 0 Å². The molecule has 3 nitrogen and oxygen atoms in total. The molecule has 0 amide bonds. The lowest BCUT2D eigenvalue weighted by Gasteiger charge is -2.08. The number of carbonyl (C=O) groups excluding carboxylic acids is 1. The Balaban J connectivity index is 3.38. The summed E-state index contributed by atoms with van der Waals surface area (Å²) < 4.78 is 4.95. The summed E-state index contributed by atoms with van der Waals surface area (Å²) in [6.45, 7) is 1.41. The molecule has 0 radical (unpaired) electrons. The van der Waals surface area contributed by atoms with Crippen molar-refractivity contribution in [3.05, 3.63) is 22.7 Å². The zero-order valence-corrected chi connectivity index (χ0v) is 8.18. The van der Waals surface area contributed by atoms with E-state index in [2.05, 4.69) is 0 Å². The molecular formula is C9H10ClNO2. The van der Waals surface area contributed by atoms with Crippen LogP contribution in [0.3, 0.4) is 0 Å². The van der Waals surface area contributed by atoms with Gasteiger partial charge in [0.15, 0.2) is 5.78 Å². The number of anilines is 1. The van der Waals surface area contributed by atoms with Gasteiger partial charge in [0.1, 0.15) is 5.75 Å². The summed E-state index contributed by atoms with van der Waals surface area (Å²) in [6, 6.07) is 3.22. The highest BCUT2D eigenvalue weighted by molar-refractivity contribution is 6.34. The summed E-state index contributed by atoms with van der Waals surface area (Å²) in [7, 11) is 1.49. The van der Waals surface area contributed by atoms with Gasteiger partial charge in [-0.2, -0.15) is 0 Å². The molecule has 0 aliphatic rings. The Hall–Kier alpha value is -1.22. The Kier molecular flexibility index (Phi) is 2.78. The van der Waals surface area contributed by atoms with Crippen molar-refractivity contribution in [1.29, 1.82) is 0 Å². The van der Waals surface area contributed by atoms with Crippen LogP contribution >= 0.6 is 11.6 Å². The molecule has 0 aromatic heterocycles. The number of methoxy groups -OCH3 is 1. The van der Waals surface area contributed by atoms with Gasteiger partial charge in [0.25, 0.3) is 0 Å². The topological polar surface area (TPSA) is 52.3 Å². The van der Waals surface area contributed by atoms with Gasteiger partial charge in [-0.05, 0) is 19.1 Å². The third-order valence-electron chi connectivity index (χ3n) is 1.73. The molecule has 13 heavy (non-hydrogen) atoms. The van der Waals surface area contributed by atoms with Gasteiger partial charge < -0.3 is 10.5 Å². The first-order chi connectivity index (χ1) is 6.07. The number of ether oxygens (including phenoxy) is 1. The SMILES string of the molecule is COc1ccc(Cl)c(C(C)=O)c1N. The van der Waals surface area contributed by atoms with E-state index in [0.717, 1.165) is 0 Å². The van der Waals surface area contributed by atoms with Crippen molar-refractivity contribution in [2.24, 2.45) is 0 Å². The van der Waals surface area contributed by atoms with Crippen molar-refractivity contribution in [1.82, 2.24) is 0 Å². The predicted molar refractivity (Wildman–Crippen MR) is 52.4 cm³/mol. The van der Waals surface area contributed by atoms with Gasteiger partial charge >= 0.3 is 0 Å². The summed E-state index contributed by atoms with van der Waals surface area (Å²) in [6.07, 6.45) is 0. The van der Waals surface area contributed by atoms with Crippen molar-refractivity contribution < 1.29 is 9.53 Å². The standard InChI is InChI=1S/C9H10ClNO2/c1-5(12)8-6(10)3-4-7(13-2)9(8)11/h3-4H,11H2,1-2H3. The van der Waals surface area contributed by atoms with E-state index in [0.29, 0.717) is 22.0 Å². The number of hydrogen-bond acceptors (Lipinski definition) is 3. The first kappa shape index (κ1) is 9.86. The van der Waals surface area contributed by atoms with E-state index in [1.54, 1.807) is 12.1 Å². The number of Topliss-reactive ketones (excluding diaryl/α,β-unsaturated/α-hetero) is 1. The highest BCUT2D eigenvalue weighted by Gasteiger charge is 2.13. The van der Waals surface area contributed by atoms with E-state index in [4.69, 9.17) is 22.1 Å². The molecule has 70 valence electrons. The zero-order valence-electron chi connectivity index (χ0n) is 7.43. The highest BCUT2D eigenvalue weighted by Crippen LogP contribution is 2.31. The molecule has 0 atom stereocenters. The van der Waals surface area contributed by atoms with Gasteiger partial charge in [0.05, 0.1) is 23.4 Å². The van der Waals surface area contributed by atoms with Gasteiger partial charge in [-0.15, -0.1) is 0 Å². The lowest BCUT2D eigenvalue weighted by atomic mass is 10.1. The van der Waals surface area contributed by atoms with Gasteiger partial charge in [0.2, 0.25) is 0 Å². The average Bonchev–Trinajstić information content (AvgIpc) is 2.04. The summed E-state index contributed by atoms with van der Waals surface area (Å²) in [5.41, 5.74) is 6.28. The molecule has 1 rings (SSSR count). The third-order valence-corrected chi connectivity index (χ3v) is 2.04. The zero-order chi connectivity index (χ0) is 10.0. The maximum atomic E-state index is 11.1. The Labute approximate surface area is 81.4 Å². The second-order valence-corrected chi connectivity index (χ2v) is 3.00. The average molecular weight is 200 g/mol. The first-order valence-corrected chi connectivity index (χ1v) is 4.08. The minimum Gasteiger partial charge on any atom is -0.495 e. The van der Waals surface area contributed by atoms with E-state index in [-0.39, 0.29) is 5.78 Å². The normalized spacial score (nSPS) is 9.77. The number of nitrogens with two attached hydrogens (primary N) is 1. The highest BCUT2D eigenvalue weighted by atomic mass is 35.5. The van der Waals surface area contributed by atoms with Crippen LogP contribution < -0.4 is 10.5 Å². The molecule has 2 N–H and O–H groups in total. The second kappa shape index (κ2) is 3.66. The molecule has 0 spiro atoms. The van der Waals surface area contributed by atoms with Crippen molar-refractivity contribution in [2.45, 2.75) is 6.92 Å². The van der Waals surface area contributed by atoms with Gasteiger partial charge in [-0.25, -0.2) is 0 Å². The van der Waals surface area contributed by atoms with Crippen molar-refractivity contribution >= 4 is 23.1 Å². The Morgan fingerprint density at radius 3 is 2.62 bits per heavy atom. The van der Waals surface area contributed by atoms with E-state index in [1.807, 2.05) is 0 Å². The minimum atomic E-state index is -0.165. The summed E-state index contributed by atoms with van der Waals surface area (Å²) in [5, 5.41) is 0.353. The van der Waals surface area contributed by atoms with Crippen LogP contribution in [-0.2, 0) is 0 Å². The molecule has 0 aliphatic carbocycles. The van der Waals surface area contributed by atoms with Crippen LogP contribution in [0.25, 0.3) is 0 Å². The molecule has 0 heterocycles. The fourth-order valence-corrected chi connectivity index (χ4v) is 1.41. The minimum absolute atomic E-state index is 0.165. The number of nitrogen functional groups attached to an aromatic ring is 1. The number of carbonyl (C=O) groups is 1. The van der Waals surface area contributed by atoms with Gasteiger partial charge in [-0.3, -0.25) is 4.79 Å². The maximum absolute atomic E-state index is 11.1. The molecule has 0 saturated carbocycles. The largest absolute Gasteiger partial charge is 0.495 e. The summed E-state index contributed by atoms with van der Waals surface area (Å²) >= 11 is 5.80. The van der Waals surface area contributed by atoms with Crippen LogP contribution in [0.4, 0.5) is 5.69 Å². The molecule has 0 bridgehead atoms. The smallest absolute Gasteiger partial charge is 0.163 e. The molecule has 0 aliphatic heterocycles. The fraction of sp³-hybridized carbons (Fsp3) is 0.222. The molecule has 1 aromatic carbocycles. The molecule has 0 saturated heterocycles. The van der Waals surface area contributed by atoms with Crippen molar-refractivity contribution in [3.8, 4) is 5.75 Å². The van der Waals surface area contributed by atoms with Gasteiger partial charge in [0, 0.05) is 0 Å². The molecule has 1 aromatic rings. The third kappa shape index (κ3) is 1.75. The Bertz CT molecular complexity index is 350. The fourth-order valence-electron chi connectivity index (χ4n) is 1.11. The first-order valence-electron chi connectivity index (χ1n) is 3.70. The van der Waals surface area contributed by atoms with Crippen LogP contribution in [0.2, 0.25) is 5.02 Å². The Morgan fingerprint density at radius 2 is 2.15 bits per heavy atom. The van der Waals surface area contributed by atoms with Crippen LogP contribution in [0, 0.1) is 0 Å². The second-order valence-electron chi connectivity index (χ2n) is 2.59. The van der Waals surface area contributed by atoms with Crippen LogP contribution in [0.1, 0.15) is 17.3 Å². The summed E-state index contributed by atoms with van der Waals surface area (Å²) in [4.78, 5) is 11.1. The summed E-state index contributed by atoms with van der Waals surface area (Å²) in [5.74, 6) is 0.302. The van der Waals surface area contributed by atoms with Crippen LogP contribution in [0.15, 0.2) is 12.1 Å². The van der Waals surface area contributed by atoms with E-state index in [9.17, 15) is 4.79 Å². The molecule has 0 unspecified atom stereocenters. The van der Waals surface area contributed by atoms with E-state index in [1.165, 1.54) is 14.0 Å². The molecule has 4 heteroatoms. The number of hydrogen-bond donors (Lipinski definition) is 1. The number of ketones is 1. The van der Waals surface area contributed by atoms with Crippen molar-refractivity contribution in [3.63, 3.8) is 0 Å². The van der Waals surface area contributed by atoms with E-state index >= 15 is 0 Å². The lowest BCUT2D eigenvalue weighted by molar-refractivity contribution is 0.101. The predicted octanol–water partition coefficient (Wildman–Crippen LogP) is 2.13. The maximum Gasteiger partial charge on any atom is 0.163 e.